The Hall–Kier alpha value is -2.22. The Labute approximate surface area is 132 Å². The Kier molecular flexibility index (Phi) is 3.93. The molecule has 0 bridgehead atoms. The van der Waals surface area contributed by atoms with Crippen molar-refractivity contribution in [3.63, 3.8) is 0 Å². The van der Waals surface area contributed by atoms with Crippen LogP contribution in [0.15, 0.2) is 12.5 Å². The first-order valence-electron chi connectivity index (χ1n) is 7.12. The summed E-state index contributed by atoms with van der Waals surface area (Å²) in [6.45, 7) is 6.57. The number of rotatable bonds is 4. The van der Waals surface area contributed by atoms with Crippen LogP contribution in [0.25, 0.3) is 0 Å². The van der Waals surface area contributed by atoms with Crippen LogP contribution in [0.2, 0.25) is 0 Å². The number of hydrogen-bond acceptors (Lipinski definition) is 7. The molecule has 7 nitrogen and oxygen atoms in total. The van der Waals surface area contributed by atoms with Crippen molar-refractivity contribution in [3.05, 3.63) is 22.4 Å². The van der Waals surface area contributed by atoms with Gasteiger partial charge in [0.2, 0.25) is 5.91 Å². The van der Waals surface area contributed by atoms with E-state index in [9.17, 15) is 4.79 Å². The molecule has 0 saturated carbocycles. The zero-order valence-corrected chi connectivity index (χ0v) is 13.5. The van der Waals surface area contributed by atoms with Crippen LogP contribution in [-0.4, -0.2) is 26.9 Å². The van der Waals surface area contributed by atoms with Crippen LogP contribution in [0.5, 0.6) is 0 Å². The minimum atomic E-state index is -0.278. The fourth-order valence-corrected chi connectivity index (χ4v) is 3.02. The van der Waals surface area contributed by atoms with Crippen molar-refractivity contribution in [2.24, 2.45) is 5.92 Å². The summed E-state index contributed by atoms with van der Waals surface area (Å²) >= 11 is 1.63. The number of aromatic nitrogens is 3. The van der Waals surface area contributed by atoms with Crippen LogP contribution in [0, 0.1) is 12.8 Å². The lowest BCUT2D eigenvalue weighted by molar-refractivity contribution is -0.117. The van der Waals surface area contributed by atoms with Gasteiger partial charge in [-0.2, -0.15) is 0 Å². The number of thiazole rings is 1. The number of fused-ring (bicyclic) bond motifs is 1. The molecule has 0 fully saturated rings. The lowest BCUT2D eigenvalue weighted by Crippen LogP contribution is -2.43. The molecule has 22 heavy (non-hydrogen) atoms. The average Bonchev–Trinajstić information content (AvgIpc) is 2.90. The molecule has 0 radical (unpaired) electrons. The van der Waals surface area contributed by atoms with E-state index in [-0.39, 0.29) is 17.9 Å². The maximum absolute atomic E-state index is 12.2. The summed E-state index contributed by atoms with van der Waals surface area (Å²) in [5.41, 5.74) is 0.602. The molecular weight excluding hydrogens is 300 g/mol. The van der Waals surface area contributed by atoms with Crippen molar-refractivity contribution in [1.29, 1.82) is 0 Å². The van der Waals surface area contributed by atoms with E-state index in [0.717, 1.165) is 9.88 Å². The van der Waals surface area contributed by atoms with Gasteiger partial charge in [0.1, 0.15) is 18.1 Å². The molecular formula is C14H18N6OS. The maximum atomic E-state index is 12.2. The van der Waals surface area contributed by atoms with Crippen LogP contribution >= 0.6 is 11.3 Å². The number of nitrogens with zero attached hydrogens (tertiary/aromatic N) is 3. The maximum Gasteiger partial charge on any atom is 0.247 e. The Morgan fingerprint density at radius 2 is 2.18 bits per heavy atom. The fourth-order valence-electron chi connectivity index (χ4n) is 2.29. The van der Waals surface area contributed by atoms with Gasteiger partial charge in [-0.1, -0.05) is 13.8 Å². The molecule has 1 aliphatic rings. The van der Waals surface area contributed by atoms with Crippen molar-refractivity contribution in [2.45, 2.75) is 33.4 Å². The summed E-state index contributed by atoms with van der Waals surface area (Å²) in [4.78, 5) is 25.9. The molecule has 1 unspecified atom stereocenters. The molecule has 1 amide bonds. The SMILES string of the molecule is Cc1ncc(CNc2ncnc3c2NC(=O)C(C(C)C)N3)s1. The molecule has 0 aromatic carbocycles. The predicted octanol–water partition coefficient (Wildman–Crippen LogP) is 2.24. The Morgan fingerprint density at radius 3 is 2.86 bits per heavy atom. The zero-order chi connectivity index (χ0) is 15.7. The third-order valence-corrected chi connectivity index (χ3v) is 4.35. The van der Waals surface area contributed by atoms with E-state index in [0.29, 0.717) is 23.9 Å². The highest BCUT2D eigenvalue weighted by molar-refractivity contribution is 7.11. The number of anilines is 3. The van der Waals surface area contributed by atoms with Gasteiger partial charge in [-0.3, -0.25) is 4.79 Å². The van der Waals surface area contributed by atoms with Crippen LogP contribution < -0.4 is 16.0 Å². The van der Waals surface area contributed by atoms with Gasteiger partial charge in [0.15, 0.2) is 11.6 Å². The molecule has 0 saturated heterocycles. The predicted molar refractivity (Wildman–Crippen MR) is 87.1 cm³/mol. The summed E-state index contributed by atoms with van der Waals surface area (Å²) in [5.74, 6) is 1.38. The largest absolute Gasteiger partial charge is 0.363 e. The van der Waals surface area contributed by atoms with Gasteiger partial charge < -0.3 is 16.0 Å². The van der Waals surface area contributed by atoms with Crippen molar-refractivity contribution >= 4 is 34.6 Å². The molecule has 3 N–H and O–H groups in total. The standard InChI is InChI=1S/C14H18N6OS/c1-7(2)10-14(21)20-11-12(17-6-18-13(11)19-10)16-5-9-4-15-8(3)22-9/h4,6-7,10H,5H2,1-3H3,(H,20,21)(H2,16,17,18,19). The minimum absolute atomic E-state index is 0.0611. The van der Waals surface area contributed by atoms with Crippen molar-refractivity contribution in [3.8, 4) is 0 Å². The van der Waals surface area contributed by atoms with E-state index in [4.69, 9.17) is 0 Å². The van der Waals surface area contributed by atoms with E-state index < -0.39 is 0 Å². The van der Waals surface area contributed by atoms with Gasteiger partial charge in [0.25, 0.3) is 0 Å². The van der Waals surface area contributed by atoms with Crippen LogP contribution in [0.3, 0.4) is 0 Å². The Balaban J connectivity index is 1.80. The van der Waals surface area contributed by atoms with Crippen LogP contribution in [-0.2, 0) is 11.3 Å². The monoisotopic (exact) mass is 318 g/mol. The summed E-state index contributed by atoms with van der Waals surface area (Å²) < 4.78 is 0. The first-order chi connectivity index (χ1) is 10.5. The van der Waals surface area contributed by atoms with Crippen molar-refractivity contribution < 1.29 is 4.79 Å². The highest BCUT2D eigenvalue weighted by Gasteiger charge is 2.30. The molecule has 2 aromatic rings. The molecule has 3 rings (SSSR count). The average molecular weight is 318 g/mol. The smallest absolute Gasteiger partial charge is 0.247 e. The molecule has 8 heteroatoms. The van der Waals surface area contributed by atoms with Gasteiger partial charge in [0, 0.05) is 11.1 Å². The van der Waals surface area contributed by atoms with E-state index >= 15 is 0 Å². The fraction of sp³-hybridized carbons (Fsp3) is 0.429. The first-order valence-corrected chi connectivity index (χ1v) is 7.94. The molecule has 3 heterocycles. The molecule has 1 atom stereocenters. The number of nitrogens with one attached hydrogen (secondary N) is 3. The van der Waals surface area contributed by atoms with Crippen LogP contribution in [0.1, 0.15) is 23.7 Å². The lowest BCUT2D eigenvalue weighted by Gasteiger charge is -2.29. The molecule has 1 aliphatic heterocycles. The highest BCUT2D eigenvalue weighted by Crippen LogP contribution is 2.32. The van der Waals surface area contributed by atoms with Crippen molar-refractivity contribution in [1.82, 2.24) is 15.0 Å². The second-order valence-corrected chi connectivity index (χ2v) is 6.82. The molecule has 116 valence electrons. The van der Waals surface area contributed by atoms with E-state index in [2.05, 4.69) is 30.9 Å². The van der Waals surface area contributed by atoms with Gasteiger partial charge in [-0.15, -0.1) is 11.3 Å². The van der Waals surface area contributed by atoms with Gasteiger partial charge in [-0.05, 0) is 12.8 Å². The summed E-state index contributed by atoms with van der Waals surface area (Å²) in [6.07, 6.45) is 3.33. The number of carbonyl (C=O) groups excluding carboxylic acids is 1. The van der Waals surface area contributed by atoms with E-state index in [1.165, 1.54) is 6.33 Å². The van der Waals surface area contributed by atoms with Gasteiger partial charge in [-0.25, -0.2) is 15.0 Å². The second kappa shape index (κ2) is 5.88. The van der Waals surface area contributed by atoms with Crippen molar-refractivity contribution in [2.75, 3.05) is 16.0 Å². The molecule has 0 spiro atoms. The van der Waals surface area contributed by atoms with E-state index in [1.807, 2.05) is 27.0 Å². The molecule has 0 aliphatic carbocycles. The topological polar surface area (TPSA) is 91.8 Å². The third-order valence-electron chi connectivity index (χ3n) is 3.44. The number of hydrogen-bond donors (Lipinski definition) is 3. The Bertz CT molecular complexity index is 698. The number of amides is 1. The summed E-state index contributed by atoms with van der Waals surface area (Å²) in [7, 11) is 0. The minimum Gasteiger partial charge on any atom is -0.363 e. The van der Waals surface area contributed by atoms with Crippen LogP contribution in [0.4, 0.5) is 17.3 Å². The number of aryl methyl sites for hydroxylation is 1. The summed E-state index contributed by atoms with van der Waals surface area (Å²) in [6, 6.07) is -0.278. The highest BCUT2D eigenvalue weighted by atomic mass is 32.1. The Morgan fingerprint density at radius 1 is 1.36 bits per heavy atom. The normalized spacial score (nSPS) is 16.9. The van der Waals surface area contributed by atoms with E-state index in [1.54, 1.807) is 11.3 Å². The lowest BCUT2D eigenvalue weighted by atomic mass is 10.0. The van der Waals surface area contributed by atoms with Gasteiger partial charge >= 0.3 is 0 Å². The van der Waals surface area contributed by atoms with Gasteiger partial charge in [0.05, 0.1) is 11.6 Å². The number of carbonyl (C=O) groups is 1. The third kappa shape index (κ3) is 2.87. The zero-order valence-electron chi connectivity index (χ0n) is 12.7. The summed E-state index contributed by atoms with van der Waals surface area (Å²) in [5, 5.41) is 10.3. The quantitative estimate of drug-likeness (QED) is 0.801. The molecule has 2 aromatic heterocycles. The second-order valence-electron chi connectivity index (χ2n) is 5.50. The first kappa shape index (κ1) is 14.7.